The van der Waals surface area contributed by atoms with E-state index in [1.807, 2.05) is 0 Å². The Morgan fingerprint density at radius 2 is 2.05 bits per heavy atom. The Kier molecular flexibility index (Phi) is 6.07. The summed E-state index contributed by atoms with van der Waals surface area (Å²) in [5.41, 5.74) is 2.36. The van der Waals surface area contributed by atoms with E-state index in [1.165, 1.54) is 0 Å². The van der Waals surface area contributed by atoms with Crippen LogP contribution in [0.25, 0.3) is 0 Å². The Labute approximate surface area is 121 Å². The smallest absolute Gasteiger partial charge is 0.278 e. The fraction of sp³-hybridized carbons (Fsp3) is 0.667. The van der Waals surface area contributed by atoms with Crippen LogP contribution in [0.4, 0.5) is 5.69 Å². The van der Waals surface area contributed by atoms with E-state index >= 15 is 0 Å². The second-order valence-corrected chi connectivity index (χ2v) is 5.54. The van der Waals surface area contributed by atoms with E-state index in [0.717, 1.165) is 25.1 Å². The number of nitrogens with one attached hydrogen (secondary N) is 1. The quantitative estimate of drug-likeness (QED) is 0.615. The van der Waals surface area contributed by atoms with Gasteiger partial charge in [0.1, 0.15) is 0 Å². The van der Waals surface area contributed by atoms with Crippen molar-refractivity contribution in [2.45, 2.75) is 53.5 Å². The number of aromatic nitrogens is 1. The molecule has 1 heterocycles. The Morgan fingerprint density at radius 1 is 1.40 bits per heavy atom. The van der Waals surface area contributed by atoms with Crippen molar-refractivity contribution in [1.82, 2.24) is 10.3 Å². The molecule has 0 saturated carbocycles. The molecule has 0 bridgehead atoms. The maximum atomic E-state index is 11.1. The van der Waals surface area contributed by atoms with Gasteiger partial charge in [-0.2, -0.15) is 0 Å². The van der Waals surface area contributed by atoms with Gasteiger partial charge in [-0.15, -0.1) is 0 Å². The Morgan fingerprint density at radius 3 is 2.60 bits per heavy atom. The highest BCUT2D eigenvalue weighted by Crippen LogP contribution is 2.26. The molecule has 0 amide bonds. The minimum Gasteiger partial charge on any atom is -0.314 e. The first kappa shape index (κ1) is 16.6. The van der Waals surface area contributed by atoms with E-state index in [4.69, 9.17) is 0 Å². The molecule has 0 aliphatic heterocycles. The molecule has 1 aromatic heterocycles. The van der Waals surface area contributed by atoms with Crippen LogP contribution >= 0.6 is 0 Å². The number of hydrogen-bond acceptors (Lipinski definition) is 4. The summed E-state index contributed by atoms with van der Waals surface area (Å²) in [5, 5.41) is 14.6. The molecule has 0 saturated heterocycles. The summed E-state index contributed by atoms with van der Waals surface area (Å²) in [7, 11) is 0. The van der Waals surface area contributed by atoms with E-state index in [-0.39, 0.29) is 10.6 Å². The highest BCUT2D eigenvalue weighted by Gasteiger charge is 2.21. The molecule has 2 unspecified atom stereocenters. The molecule has 0 aromatic carbocycles. The van der Waals surface area contributed by atoms with Gasteiger partial charge in [-0.1, -0.05) is 13.8 Å². The summed E-state index contributed by atoms with van der Waals surface area (Å²) in [5.74, 6) is 0.384. The number of aryl methyl sites for hydroxylation is 1. The number of nitrogens with zero attached hydrogens (tertiary/aromatic N) is 2. The van der Waals surface area contributed by atoms with Crippen molar-refractivity contribution in [3.63, 3.8) is 0 Å². The molecular weight excluding hydrogens is 254 g/mol. The van der Waals surface area contributed by atoms with Gasteiger partial charge in [-0.3, -0.25) is 15.1 Å². The first-order valence-electron chi connectivity index (χ1n) is 7.21. The standard InChI is InChI=1S/C15H25N3O2/c1-6-7-16-13(5)10(2)8-14-12(4)15(18(19)20)11(3)9-17-14/h9-10,13,16H,6-8H2,1-5H3. The molecule has 1 aromatic rings. The van der Waals surface area contributed by atoms with Crippen molar-refractivity contribution in [2.24, 2.45) is 5.92 Å². The van der Waals surface area contributed by atoms with Crippen LogP contribution in [0.15, 0.2) is 6.20 Å². The average molecular weight is 279 g/mol. The first-order valence-corrected chi connectivity index (χ1v) is 7.21. The molecule has 1 rings (SSSR count). The normalized spacial score (nSPS) is 14.1. The zero-order valence-electron chi connectivity index (χ0n) is 13.1. The van der Waals surface area contributed by atoms with E-state index in [9.17, 15) is 10.1 Å². The third-order valence-corrected chi connectivity index (χ3v) is 3.84. The predicted molar refractivity (Wildman–Crippen MR) is 81.0 cm³/mol. The van der Waals surface area contributed by atoms with Crippen LogP contribution in [-0.4, -0.2) is 22.5 Å². The lowest BCUT2D eigenvalue weighted by Crippen LogP contribution is -2.33. The van der Waals surface area contributed by atoms with Crippen molar-refractivity contribution in [3.05, 3.63) is 33.1 Å². The van der Waals surface area contributed by atoms with Gasteiger partial charge in [-0.25, -0.2) is 0 Å². The highest BCUT2D eigenvalue weighted by molar-refractivity contribution is 5.47. The molecule has 0 radical (unpaired) electrons. The molecule has 20 heavy (non-hydrogen) atoms. The molecule has 5 nitrogen and oxygen atoms in total. The minimum absolute atomic E-state index is 0.205. The maximum Gasteiger partial charge on any atom is 0.278 e. The van der Waals surface area contributed by atoms with Gasteiger partial charge in [0.2, 0.25) is 0 Å². The Hall–Kier alpha value is -1.49. The highest BCUT2D eigenvalue weighted by atomic mass is 16.6. The van der Waals surface area contributed by atoms with Crippen LogP contribution in [0.2, 0.25) is 0 Å². The van der Waals surface area contributed by atoms with Crippen LogP contribution < -0.4 is 5.32 Å². The molecule has 0 aliphatic rings. The second-order valence-electron chi connectivity index (χ2n) is 5.54. The summed E-state index contributed by atoms with van der Waals surface area (Å²) in [4.78, 5) is 15.2. The molecule has 0 spiro atoms. The number of hydrogen-bond donors (Lipinski definition) is 1. The molecule has 1 N–H and O–H groups in total. The molecule has 0 fully saturated rings. The van der Waals surface area contributed by atoms with Crippen LogP contribution in [0.1, 0.15) is 44.0 Å². The van der Waals surface area contributed by atoms with Gasteiger partial charge >= 0.3 is 0 Å². The summed E-state index contributed by atoms with van der Waals surface area (Å²) in [6, 6.07) is 0.372. The van der Waals surface area contributed by atoms with E-state index in [0.29, 0.717) is 23.1 Å². The zero-order chi connectivity index (χ0) is 15.3. The summed E-state index contributed by atoms with van der Waals surface area (Å²) in [6.07, 6.45) is 3.46. The fourth-order valence-corrected chi connectivity index (χ4v) is 2.31. The van der Waals surface area contributed by atoms with E-state index < -0.39 is 0 Å². The lowest BCUT2D eigenvalue weighted by molar-refractivity contribution is -0.386. The third-order valence-electron chi connectivity index (χ3n) is 3.84. The second kappa shape index (κ2) is 7.33. The zero-order valence-corrected chi connectivity index (χ0v) is 13.1. The number of nitro groups is 1. The van der Waals surface area contributed by atoms with E-state index in [2.05, 4.69) is 31.1 Å². The monoisotopic (exact) mass is 279 g/mol. The van der Waals surface area contributed by atoms with Crippen LogP contribution in [0, 0.1) is 29.9 Å². The molecule has 2 atom stereocenters. The van der Waals surface area contributed by atoms with E-state index in [1.54, 1.807) is 20.0 Å². The lowest BCUT2D eigenvalue weighted by atomic mass is 9.94. The van der Waals surface area contributed by atoms with Crippen LogP contribution in [0.3, 0.4) is 0 Å². The molecule has 0 aliphatic carbocycles. The van der Waals surface area contributed by atoms with Gasteiger partial charge in [0.05, 0.1) is 10.6 Å². The fourth-order valence-electron chi connectivity index (χ4n) is 2.31. The van der Waals surface area contributed by atoms with Crippen molar-refractivity contribution < 1.29 is 4.92 Å². The molecule has 5 heteroatoms. The van der Waals surface area contributed by atoms with Crippen LogP contribution in [-0.2, 0) is 6.42 Å². The maximum absolute atomic E-state index is 11.1. The Bertz CT molecular complexity index is 474. The van der Waals surface area contributed by atoms with Gasteiger partial charge in [0, 0.05) is 23.4 Å². The lowest BCUT2D eigenvalue weighted by Gasteiger charge is -2.21. The average Bonchev–Trinajstić information content (AvgIpc) is 2.38. The molecular formula is C15H25N3O2. The predicted octanol–water partition coefficient (Wildman–Crippen LogP) is 3.17. The van der Waals surface area contributed by atoms with Gasteiger partial charge in [0.15, 0.2) is 0 Å². The van der Waals surface area contributed by atoms with Crippen molar-refractivity contribution in [1.29, 1.82) is 0 Å². The van der Waals surface area contributed by atoms with Crippen molar-refractivity contribution in [2.75, 3.05) is 6.54 Å². The van der Waals surface area contributed by atoms with Crippen molar-refractivity contribution >= 4 is 5.69 Å². The summed E-state index contributed by atoms with van der Waals surface area (Å²) < 4.78 is 0. The summed E-state index contributed by atoms with van der Waals surface area (Å²) >= 11 is 0. The number of rotatable bonds is 7. The van der Waals surface area contributed by atoms with Crippen LogP contribution in [0.5, 0.6) is 0 Å². The minimum atomic E-state index is -0.306. The first-order chi connectivity index (χ1) is 9.38. The van der Waals surface area contributed by atoms with Crippen molar-refractivity contribution in [3.8, 4) is 0 Å². The topological polar surface area (TPSA) is 68.1 Å². The van der Waals surface area contributed by atoms with Gasteiger partial charge < -0.3 is 5.32 Å². The molecule has 112 valence electrons. The Balaban J connectivity index is 2.88. The number of pyridine rings is 1. The summed E-state index contributed by atoms with van der Waals surface area (Å²) in [6.45, 7) is 11.0. The van der Waals surface area contributed by atoms with Gasteiger partial charge in [-0.05, 0) is 46.1 Å². The van der Waals surface area contributed by atoms with Gasteiger partial charge in [0.25, 0.3) is 5.69 Å². The largest absolute Gasteiger partial charge is 0.314 e. The SMILES string of the molecule is CCCNC(C)C(C)Cc1ncc(C)c([N+](=O)[O-])c1C. The third kappa shape index (κ3) is 4.00.